The van der Waals surface area contributed by atoms with Crippen LogP contribution in [0.5, 0.6) is 5.75 Å². The summed E-state index contributed by atoms with van der Waals surface area (Å²) < 4.78 is 44.5. The molecular weight excluding hydrogens is 343 g/mol. The number of aromatic nitrogens is 2. The highest BCUT2D eigenvalue weighted by Gasteiger charge is 2.31. The Morgan fingerprint density at radius 1 is 0.962 bits per heavy atom. The van der Waals surface area contributed by atoms with Crippen LogP contribution >= 0.6 is 0 Å². The highest BCUT2D eigenvalue weighted by molar-refractivity contribution is 5.83. The zero-order valence-electron chi connectivity index (χ0n) is 14.1. The molecule has 3 aromatic rings. The monoisotopic (exact) mass is 359 g/mol. The number of hydrogen-bond donors (Lipinski definition) is 1. The molecule has 0 radical (unpaired) electrons. The third-order valence-corrected chi connectivity index (χ3v) is 3.93. The molecule has 134 valence electrons. The summed E-state index contributed by atoms with van der Waals surface area (Å²) in [5.41, 5.74) is 7.57. The fraction of sp³-hybridized carbons (Fsp3) is 0.158. The molecule has 0 unspecified atom stereocenters. The van der Waals surface area contributed by atoms with Crippen LogP contribution in [0.4, 0.5) is 19.1 Å². The Labute approximate surface area is 148 Å². The van der Waals surface area contributed by atoms with E-state index >= 15 is 0 Å². The van der Waals surface area contributed by atoms with Crippen LogP contribution in [0.25, 0.3) is 22.4 Å². The fourth-order valence-corrected chi connectivity index (χ4v) is 2.77. The number of nitrogens with zero attached hydrogens (tertiary/aromatic N) is 2. The largest absolute Gasteiger partial charge is 0.497 e. The van der Waals surface area contributed by atoms with E-state index in [4.69, 9.17) is 10.5 Å². The van der Waals surface area contributed by atoms with Gasteiger partial charge in [-0.15, -0.1) is 0 Å². The number of anilines is 1. The van der Waals surface area contributed by atoms with Crippen molar-refractivity contribution in [1.29, 1.82) is 0 Å². The number of halogens is 3. The van der Waals surface area contributed by atoms with Crippen molar-refractivity contribution >= 4 is 5.95 Å². The van der Waals surface area contributed by atoms with Gasteiger partial charge in [-0.25, -0.2) is 9.97 Å². The molecule has 0 aliphatic carbocycles. The van der Waals surface area contributed by atoms with E-state index < -0.39 is 11.7 Å². The lowest BCUT2D eigenvalue weighted by Crippen LogP contribution is -2.06. The molecule has 1 aromatic heterocycles. The number of methoxy groups -OCH3 is 1. The minimum Gasteiger partial charge on any atom is -0.497 e. The first-order valence-corrected chi connectivity index (χ1v) is 7.76. The average molecular weight is 359 g/mol. The second-order valence-electron chi connectivity index (χ2n) is 5.70. The topological polar surface area (TPSA) is 61.0 Å². The Morgan fingerprint density at radius 3 is 2.35 bits per heavy atom. The number of aryl methyl sites for hydroxylation is 1. The van der Waals surface area contributed by atoms with Crippen LogP contribution in [-0.4, -0.2) is 17.1 Å². The van der Waals surface area contributed by atoms with Gasteiger partial charge >= 0.3 is 6.18 Å². The van der Waals surface area contributed by atoms with Gasteiger partial charge in [0.15, 0.2) is 0 Å². The molecule has 0 bridgehead atoms. The molecule has 0 aliphatic heterocycles. The van der Waals surface area contributed by atoms with Gasteiger partial charge in [-0.3, -0.25) is 0 Å². The molecule has 0 amide bonds. The Balaban J connectivity index is 2.25. The number of rotatable bonds is 3. The summed E-state index contributed by atoms with van der Waals surface area (Å²) in [7, 11) is 1.54. The van der Waals surface area contributed by atoms with E-state index in [9.17, 15) is 13.2 Å². The number of hydrogen-bond acceptors (Lipinski definition) is 4. The van der Waals surface area contributed by atoms with Gasteiger partial charge in [-0.2, -0.15) is 13.2 Å². The van der Waals surface area contributed by atoms with Gasteiger partial charge < -0.3 is 10.5 Å². The number of alkyl halides is 3. The summed E-state index contributed by atoms with van der Waals surface area (Å²) in [6.07, 6.45) is -4.44. The maximum Gasteiger partial charge on any atom is 0.416 e. The molecule has 1 heterocycles. The van der Waals surface area contributed by atoms with Gasteiger partial charge in [-0.1, -0.05) is 24.3 Å². The minimum absolute atomic E-state index is 0.00144. The Hall–Kier alpha value is -3.09. The Morgan fingerprint density at radius 2 is 1.65 bits per heavy atom. The number of nitrogen functional groups attached to an aromatic ring is 1. The lowest BCUT2D eigenvalue weighted by molar-refractivity contribution is -0.137. The quantitative estimate of drug-likeness (QED) is 0.734. The van der Waals surface area contributed by atoms with Gasteiger partial charge in [0.2, 0.25) is 5.95 Å². The van der Waals surface area contributed by atoms with E-state index in [1.54, 1.807) is 38.3 Å². The molecule has 7 heteroatoms. The highest BCUT2D eigenvalue weighted by Crippen LogP contribution is 2.37. The van der Waals surface area contributed by atoms with Crippen LogP contribution in [0.1, 0.15) is 11.3 Å². The summed E-state index contributed by atoms with van der Waals surface area (Å²) in [5, 5.41) is 0. The molecule has 0 fully saturated rings. The lowest BCUT2D eigenvalue weighted by atomic mass is 9.96. The number of nitrogens with two attached hydrogens (primary N) is 1. The zero-order valence-corrected chi connectivity index (χ0v) is 14.1. The van der Waals surface area contributed by atoms with Gasteiger partial charge in [0.05, 0.1) is 24.1 Å². The third-order valence-electron chi connectivity index (χ3n) is 3.93. The molecule has 0 aliphatic rings. The van der Waals surface area contributed by atoms with Crippen molar-refractivity contribution in [1.82, 2.24) is 9.97 Å². The van der Waals surface area contributed by atoms with Gasteiger partial charge in [0.1, 0.15) is 5.75 Å². The van der Waals surface area contributed by atoms with Crippen LogP contribution in [0.2, 0.25) is 0 Å². The standard InChI is InChI=1S/C19H16F3N3O/c1-11-16(12-5-4-8-15(10-12)26-2)17(25-18(23)24-11)13-6-3-7-14(9-13)19(20,21)22/h3-10H,1-2H3,(H2,23,24,25). The van der Waals surface area contributed by atoms with Crippen molar-refractivity contribution in [3.05, 3.63) is 59.8 Å². The second-order valence-corrected chi connectivity index (χ2v) is 5.70. The van der Waals surface area contributed by atoms with Crippen LogP contribution in [0.3, 0.4) is 0 Å². The summed E-state index contributed by atoms with van der Waals surface area (Å²) in [5.74, 6) is 0.621. The summed E-state index contributed by atoms with van der Waals surface area (Å²) in [6.45, 7) is 1.74. The molecule has 0 saturated heterocycles. The van der Waals surface area contributed by atoms with E-state index in [1.807, 2.05) is 6.07 Å². The van der Waals surface area contributed by atoms with Crippen LogP contribution < -0.4 is 10.5 Å². The van der Waals surface area contributed by atoms with Crippen molar-refractivity contribution in [2.75, 3.05) is 12.8 Å². The summed E-state index contributed by atoms with van der Waals surface area (Å²) in [4.78, 5) is 8.38. The molecule has 3 rings (SSSR count). The summed E-state index contributed by atoms with van der Waals surface area (Å²) >= 11 is 0. The van der Waals surface area contributed by atoms with Crippen LogP contribution in [0.15, 0.2) is 48.5 Å². The predicted molar refractivity (Wildman–Crippen MR) is 93.6 cm³/mol. The van der Waals surface area contributed by atoms with Crippen LogP contribution in [-0.2, 0) is 6.18 Å². The van der Waals surface area contributed by atoms with E-state index in [0.29, 0.717) is 28.3 Å². The zero-order chi connectivity index (χ0) is 18.9. The molecule has 2 aromatic carbocycles. The van der Waals surface area contributed by atoms with Gasteiger partial charge in [-0.05, 0) is 36.8 Å². The number of ether oxygens (including phenoxy) is 1. The van der Waals surface area contributed by atoms with E-state index in [-0.39, 0.29) is 5.95 Å². The smallest absolute Gasteiger partial charge is 0.416 e. The lowest BCUT2D eigenvalue weighted by Gasteiger charge is -2.15. The van der Waals surface area contributed by atoms with Crippen molar-refractivity contribution in [3.63, 3.8) is 0 Å². The van der Waals surface area contributed by atoms with Crippen molar-refractivity contribution in [2.45, 2.75) is 13.1 Å². The van der Waals surface area contributed by atoms with Crippen molar-refractivity contribution in [3.8, 4) is 28.1 Å². The summed E-state index contributed by atoms with van der Waals surface area (Å²) in [6, 6.07) is 12.2. The maximum atomic E-state index is 13.1. The van der Waals surface area contributed by atoms with Crippen LogP contribution in [0, 0.1) is 6.92 Å². The Bertz CT molecular complexity index is 955. The van der Waals surface area contributed by atoms with E-state index in [0.717, 1.165) is 17.7 Å². The minimum atomic E-state index is -4.44. The van der Waals surface area contributed by atoms with Crippen molar-refractivity contribution < 1.29 is 17.9 Å². The first-order chi connectivity index (χ1) is 12.3. The van der Waals surface area contributed by atoms with Crippen molar-refractivity contribution in [2.24, 2.45) is 0 Å². The predicted octanol–water partition coefficient (Wildman–Crippen LogP) is 4.73. The van der Waals surface area contributed by atoms with E-state index in [1.165, 1.54) is 6.07 Å². The molecule has 4 nitrogen and oxygen atoms in total. The second kappa shape index (κ2) is 6.67. The first kappa shape index (κ1) is 17.7. The molecule has 0 spiro atoms. The third kappa shape index (κ3) is 3.46. The molecule has 2 N–H and O–H groups in total. The average Bonchev–Trinajstić information content (AvgIpc) is 2.60. The van der Waals surface area contributed by atoms with Gasteiger partial charge in [0, 0.05) is 11.1 Å². The molecule has 0 atom stereocenters. The fourth-order valence-electron chi connectivity index (χ4n) is 2.77. The van der Waals surface area contributed by atoms with Gasteiger partial charge in [0.25, 0.3) is 0 Å². The first-order valence-electron chi connectivity index (χ1n) is 7.76. The van der Waals surface area contributed by atoms with E-state index in [2.05, 4.69) is 9.97 Å². The Kier molecular flexibility index (Phi) is 4.54. The highest BCUT2D eigenvalue weighted by atomic mass is 19.4. The molecule has 0 saturated carbocycles. The normalized spacial score (nSPS) is 11.4. The number of benzene rings is 2. The molecule has 26 heavy (non-hydrogen) atoms. The maximum absolute atomic E-state index is 13.1. The SMILES string of the molecule is COc1cccc(-c2c(C)nc(N)nc2-c2cccc(C(F)(F)F)c2)c1. The molecular formula is C19H16F3N3O.